The number of nitrogens with zero attached hydrogens (tertiary/aromatic N) is 2. The van der Waals surface area contributed by atoms with E-state index in [0.29, 0.717) is 23.9 Å². The number of rotatable bonds is 6. The van der Waals surface area contributed by atoms with E-state index >= 15 is 0 Å². The number of carbonyl (C=O) groups is 3. The minimum absolute atomic E-state index is 0.200. The Morgan fingerprint density at radius 2 is 2.17 bits per heavy atom. The number of imide groups is 1. The molecule has 0 aromatic heterocycles. The van der Waals surface area contributed by atoms with E-state index in [1.165, 1.54) is 4.90 Å². The van der Waals surface area contributed by atoms with Crippen LogP contribution in [0.1, 0.15) is 18.9 Å². The molecule has 0 saturated carbocycles. The van der Waals surface area contributed by atoms with Gasteiger partial charge in [-0.15, -0.1) is 0 Å². The second-order valence-electron chi connectivity index (χ2n) is 5.40. The summed E-state index contributed by atoms with van der Waals surface area (Å²) in [5.74, 6) is -0.0468. The Morgan fingerprint density at radius 1 is 1.42 bits per heavy atom. The highest BCUT2D eigenvalue weighted by molar-refractivity contribution is 6.30. The van der Waals surface area contributed by atoms with E-state index in [2.05, 4.69) is 5.32 Å². The van der Waals surface area contributed by atoms with Gasteiger partial charge >= 0.3 is 6.03 Å². The number of benzene rings is 1. The SMILES string of the molecule is CCOc1ccc(Cl)cc1CN(C)C(=O)CN1C(=O)CCNC1=O. The van der Waals surface area contributed by atoms with Crippen molar-refractivity contribution in [2.24, 2.45) is 0 Å². The maximum absolute atomic E-state index is 12.3. The normalized spacial score (nSPS) is 14.4. The van der Waals surface area contributed by atoms with Gasteiger partial charge in [0, 0.05) is 37.1 Å². The molecule has 7 nitrogen and oxygen atoms in total. The second kappa shape index (κ2) is 8.01. The van der Waals surface area contributed by atoms with Crippen LogP contribution in [0.15, 0.2) is 18.2 Å². The molecule has 0 unspecified atom stereocenters. The Kier molecular flexibility index (Phi) is 6.03. The van der Waals surface area contributed by atoms with Crippen LogP contribution in [0.4, 0.5) is 4.79 Å². The highest BCUT2D eigenvalue weighted by Crippen LogP contribution is 2.24. The van der Waals surface area contributed by atoms with Crippen molar-refractivity contribution < 1.29 is 19.1 Å². The summed E-state index contributed by atoms with van der Waals surface area (Å²) in [6.45, 7) is 2.64. The highest BCUT2D eigenvalue weighted by Gasteiger charge is 2.28. The summed E-state index contributed by atoms with van der Waals surface area (Å²) < 4.78 is 5.53. The van der Waals surface area contributed by atoms with E-state index in [4.69, 9.17) is 16.3 Å². The molecule has 1 fully saturated rings. The van der Waals surface area contributed by atoms with Gasteiger partial charge in [0.05, 0.1) is 6.61 Å². The third-order valence-corrected chi connectivity index (χ3v) is 3.85. The van der Waals surface area contributed by atoms with Gasteiger partial charge in [0.2, 0.25) is 11.8 Å². The predicted molar refractivity (Wildman–Crippen MR) is 88.8 cm³/mol. The van der Waals surface area contributed by atoms with Crippen LogP contribution in [0.25, 0.3) is 0 Å². The number of urea groups is 1. The number of halogens is 1. The van der Waals surface area contributed by atoms with Gasteiger partial charge in [-0.3, -0.25) is 14.5 Å². The lowest BCUT2D eigenvalue weighted by Crippen LogP contribution is -2.53. The van der Waals surface area contributed by atoms with Gasteiger partial charge in [0.25, 0.3) is 0 Å². The van der Waals surface area contributed by atoms with Crippen molar-refractivity contribution >= 4 is 29.4 Å². The summed E-state index contributed by atoms with van der Waals surface area (Å²) >= 11 is 6.01. The second-order valence-corrected chi connectivity index (χ2v) is 5.83. The molecule has 1 aromatic carbocycles. The number of likely N-dealkylation sites (N-methyl/N-ethyl adjacent to an activating group) is 1. The average Bonchev–Trinajstić information content (AvgIpc) is 2.53. The smallest absolute Gasteiger partial charge is 0.324 e. The molecule has 1 saturated heterocycles. The van der Waals surface area contributed by atoms with Crippen LogP contribution in [0.5, 0.6) is 5.75 Å². The van der Waals surface area contributed by atoms with E-state index in [1.54, 1.807) is 25.2 Å². The highest BCUT2D eigenvalue weighted by atomic mass is 35.5. The monoisotopic (exact) mass is 353 g/mol. The lowest BCUT2D eigenvalue weighted by atomic mass is 10.2. The van der Waals surface area contributed by atoms with Crippen molar-refractivity contribution in [2.75, 3.05) is 26.7 Å². The van der Waals surface area contributed by atoms with Crippen LogP contribution in [0, 0.1) is 0 Å². The first kappa shape index (κ1) is 18.1. The largest absolute Gasteiger partial charge is 0.494 e. The van der Waals surface area contributed by atoms with Crippen LogP contribution in [0.2, 0.25) is 5.02 Å². The number of amides is 4. The number of ether oxygens (including phenoxy) is 1. The lowest BCUT2D eigenvalue weighted by Gasteiger charge is -2.27. The zero-order chi connectivity index (χ0) is 17.7. The van der Waals surface area contributed by atoms with E-state index in [0.717, 1.165) is 10.5 Å². The van der Waals surface area contributed by atoms with E-state index < -0.39 is 6.03 Å². The number of hydrogen-bond acceptors (Lipinski definition) is 4. The number of hydrogen-bond donors (Lipinski definition) is 1. The Bertz CT molecular complexity index is 634. The molecule has 130 valence electrons. The summed E-state index contributed by atoms with van der Waals surface area (Å²) in [6, 6.07) is 4.66. The summed E-state index contributed by atoms with van der Waals surface area (Å²) in [5.41, 5.74) is 0.759. The first-order valence-electron chi connectivity index (χ1n) is 7.65. The maximum atomic E-state index is 12.3. The quantitative estimate of drug-likeness (QED) is 0.843. The number of carbonyl (C=O) groups excluding carboxylic acids is 3. The number of nitrogens with one attached hydrogen (secondary N) is 1. The zero-order valence-corrected chi connectivity index (χ0v) is 14.4. The zero-order valence-electron chi connectivity index (χ0n) is 13.7. The molecule has 0 atom stereocenters. The Hall–Kier alpha value is -2.28. The molecule has 0 bridgehead atoms. The van der Waals surface area contributed by atoms with Crippen LogP contribution < -0.4 is 10.1 Å². The van der Waals surface area contributed by atoms with Gasteiger partial charge in [-0.2, -0.15) is 0 Å². The molecular weight excluding hydrogens is 334 g/mol. The first-order chi connectivity index (χ1) is 11.4. The lowest BCUT2D eigenvalue weighted by molar-refractivity contribution is -0.138. The van der Waals surface area contributed by atoms with Gasteiger partial charge in [-0.25, -0.2) is 4.79 Å². The first-order valence-corrected chi connectivity index (χ1v) is 8.03. The van der Waals surface area contributed by atoms with Gasteiger partial charge in [-0.1, -0.05) is 11.6 Å². The van der Waals surface area contributed by atoms with Crippen molar-refractivity contribution in [3.63, 3.8) is 0 Å². The molecule has 1 heterocycles. The third kappa shape index (κ3) is 4.38. The molecule has 1 N–H and O–H groups in total. The van der Waals surface area contributed by atoms with Crippen molar-refractivity contribution in [3.05, 3.63) is 28.8 Å². The summed E-state index contributed by atoms with van der Waals surface area (Å²) in [7, 11) is 1.60. The van der Waals surface area contributed by atoms with Gasteiger partial charge in [-0.05, 0) is 25.1 Å². The van der Waals surface area contributed by atoms with E-state index in [1.807, 2.05) is 6.92 Å². The minimum Gasteiger partial charge on any atom is -0.494 e. The molecule has 1 aliphatic heterocycles. The fraction of sp³-hybridized carbons (Fsp3) is 0.438. The van der Waals surface area contributed by atoms with Crippen molar-refractivity contribution in [3.8, 4) is 5.75 Å². The van der Waals surface area contributed by atoms with Crippen LogP contribution >= 0.6 is 11.6 Å². The molecule has 24 heavy (non-hydrogen) atoms. The fourth-order valence-corrected chi connectivity index (χ4v) is 2.54. The average molecular weight is 354 g/mol. The summed E-state index contributed by atoms with van der Waals surface area (Å²) in [4.78, 5) is 38.2. The predicted octanol–water partition coefficient (Wildman–Crippen LogP) is 1.64. The Balaban J connectivity index is 2.05. The Labute approximate surface area is 145 Å². The van der Waals surface area contributed by atoms with Crippen LogP contribution in [0.3, 0.4) is 0 Å². The molecule has 4 amide bonds. The van der Waals surface area contributed by atoms with Crippen LogP contribution in [-0.2, 0) is 16.1 Å². The van der Waals surface area contributed by atoms with E-state index in [-0.39, 0.29) is 31.3 Å². The van der Waals surface area contributed by atoms with Crippen molar-refractivity contribution in [1.82, 2.24) is 15.1 Å². The minimum atomic E-state index is -0.536. The molecular formula is C16H20ClN3O4. The summed E-state index contributed by atoms with van der Waals surface area (Å²) in [6.07, 6.45) is 0.200. The molecule has 8 heteroatoms. The molecule has 0 aliphatic carbocycles. The van der Waals surface area contributed by atoms with Crippen molar-refractivity contribution in [2.45, 2.75) is 19.9 Å². The van der Waals surface area contributed by atoms with Crippen molar-refractivity contribution in [1.29, 1.82) is 0 Å². The molecule has 2 rings (SSSR count). The fourth-order valence-electron chi connectivity index (χ4n) is 2.35. The summed E-state index contributed by atoms with van der Waals surface area (Å²) in [5, 5.41) is 3.09. The van der Waals surface area contributed by atoms with E-state index in [9.17, 15) is 14.4 Å². The molecule has 0 radical (unpaired) electrons. The molecule has 1 aromatic rings. The van der Waals surface area contributed by atoms with Gasteiger partial charge < -0.3 is 15.0 Å². The van der Waals surface area contributed by atoms with Crippen LogP contribution in [-0.4, -0.2) is 54.4 Å². The molecule has 0 spiro atoms. The third-order valence-electron chi connectivity index (χ3n) is 3.61. The topological polar surface area (TPSA) is 79.0 Å². The van der Waals surface area contributed by atoms with Gasteiger partial charge in [0.1, 0.15) is 12.3 Å². The standard InChI is InChI=1S/C16H20ClN3O4/c1-3-24-13-5-4-12(17)8-11(13)9-19(2)15(22)10-20-14(21)6-7-18-16(20)23/h4-5,8H,3,6-7,9-10H2,1-2H3,(H,18,23). The van der Waals surface area contributed by atoms with Gasteiger partial charge in [0.15, 0.2) is 0 Å². The maximum Gasteiger partial charge on any atom is 0.324 e. The Morgan fingerprint density at radius 3 is 2.83 bits per heavy atom. The molecule has 1 aliphatic rings.